The lowest BCUT2D eigenvalue weighted by Crippen LogP contribution is -2.04. The van der Waals surface area contributed by atoms with Gasteiger partial charge in [0.2, 0.25) is 0 Å². The predicted octanol–water partition coefficient (Wildman–Crippen LogP) is 3.12. The summed E-state index contributed by atoms with van der Waals surface area (Å²) in [6.07, 6.45) is 7.19. The van der Waals surface area contributed by atoms with Gasteiger partial charge in [-0.15, -0.1) is 0 Å². The van der Waals surface area contributed by atoms with Crippen molar-refractivity contribution in [3.05, 3.63) is 11.8 Å². The summed E-state index contributed by atoms with van der Waals surface area (Å²) < 4.78 is 5.56. The van der Waals surface area contributed by atoms with Crippen LogP contribution in [-0.4, -0.2) is 6.61 Å². The van der Waals surface area contributed by atoms with Crippen molar-refractivity contribution in [3.63, 3.8) is 0 Å². The Balaban J connectivity index is 2.31. The third-order valence-electron chi connectivity index (χ3n) is 2.04. The van der Waals surface area contributed by atoms with Crippen LogP contribution >= 0.6 is 0 Å². The molecule has 0 aliphatic heterocycles. The lowest BCUT2D eigenvalue weighted by molar-refractivity contribution is 0.191. The molecule has 1 rings (SSSR count). The molecule has 0 saturated carbocycles. The van der Waals surface area contributed by atoms with E-state index in [1.807, 2.05) is 0 Å². The summed E-state index contributed by atoms with van der Waals surface area (Å²) >= 11 is 0. The minimum atomic E-state index is 0.732. The molecule has 0 N–H and O–H groups in total. The summed E-state index contributed by atoms with van der Waals surface area (Å²) in [5.41, 5.74) is 0. The van der Waals surface area contributed by atoms with Crippen molar-refractivity contribution in [2.24, 2.45) is 5.92 Å². The van der Waals surface area contributed by atoms with Crippen molar-refractivity contribution in [2.75, 3.05) is 6.61 Å². The largest absolute Gasteiger partial charge is 0.498 e. The molecule has 1 nitrogen and oxygen atoms in total. The van der Waals surface area contributed by atoms with E-state index in [1.165, 1.54) is 18.6 Å². The molecule has 0 bridgehead atoms. The van der Waals surface area contributed by atoms with Crippen LogP contribution in [0.2, 0.25) is 0 Å². The summed E-state index contributed by atoms with van der Waals surface area (Å²) in [7, 11) is 0. The Kier molecular flexibility index (Phi) is 3.47. The lowest BCUT2D eigenvalue weighted by atomic mass is 9.97. The molecule has 1 unspecified atom stereocenters. The van der Waals surface area contributed by atoms with E-state index in [9.17, 15) is 0 Å². The van der Waals surface area contributed by atoms with Gasteiger partial charge in [0.1, 0.15) is 0 Å². The van der Waals surface area contributed by atoms with Crippen LogP contribution in [0, 0.1) is 5.92 Å². The van der Waals surface area contributed by atoms with E-state index in [0.29, 0.717) is 0 Å². The van der Waals surface area contributed by atoms with Gasteiger partial charge in [0, 0.05) is 6.42 Å². The first kappa shape index (κ1) is 8.63. The van der Waals surface area contributed by atoms with Crippen LogP contribution in [0.1, 0.15) is 39.5 Å². The highest BCUT2D eigenvalue weighted by Gasteiger charge is 2.09. The SMILES string of the molecule is CCCOC1=CC(C)CCC1. The molecule has 0 aromatic heterocycles. The van der Waals surface area contributed by atoms with Gasteiger partial charge in [0.05, 0.1) is 12.4 Å². The minimum absolute atomic E-state index is 0.732. The number of ether oxygens (including phenoxy) is 1. The van der Waals surface area contributed by atoms with E-state index in [1.54, 1.807) is 0 Å². The van der Waals surface area contributed by atoms with E-state index < -0.39 is 0 Å². The number of allylic oxidation sites excluding steroid dienone is 2. The van der Waals surface area contributed by atoms with Crippen molar-refractivity contribution in [1.82, 2.24) is 0 Å². The second-order valence-electron chi connectivity index (χ2n) is 3.35. The van der Waals surface area contributed by atoms with Crippen LogP contribution in [0.25, 0.3) is 0 Å². The summed E-state index contributed by atoms with van der Waals surface area (Å²) in [6.45, 7) is 5.29. The molecular formula is C10H18O. The molecule has 64 valence electrons. The zero-order valence-corrected chi connectivity index (χ0v) is 7.60. The van der Waals surface area contributed by atoms with E-state index in [2.05, 4.69) is 19.9 Å². The van der Waals surface area contributed by atoms with Crippen LogP contribution in [0.5, 0.6) is 0 Å². The minimum Gasteiger partial charge on any atom is -0.498 e. The van der Waals surface area contributed by atoms with E-state index in [-0.39, 0.29) is 0 Å². The topological polar surface area (TPSA) is 9.23 Å². The molecule has 1 aliphatic carbocycles. The highest BCUT2D eigenvalue weighted by Crippen LogP contribution is 2.22. The van der Waals surface area contributed by atoms with Gasteiger partial charge in [-0.05, 0) is 31.3 Å². The zero-order chi connectivity index (χ0) is 8.10. The Bertz CT molecular complexity index is 138. The first-order valence-corrected chi connectivity index (χ1v) is 4.66. The van der Waals surface area contributed by atoms with Crippen molar-refractivity contribution in [3.8, 4) is 0 Å². The average molecular weight is 154 g/mol. The maximum Gasteiger partial charge on any atom is 0.0922 e. The highest BCUT2D eigenvalue weighted by molar-refractivity contribution is 4.99. The number of rotatable bonds is 3. The molecule has 0 amide bonds. The van der Waals surface area contributed by atoms with Crippen molar-refractivity contribution >= 4 is 0 Å². The first-order chi connectivity index (χ1) is 5.33. The molecule has 0 spiro atoms. The summed E-state index contributed by atoms with van der Waals surface area (Å²) in [5, 5.41) is 0. The Morgan fingerprint density at radius 3 is 3.09 bits per heavy atom. The maximum atomic E-state index is 5.56. The number of hydrogen-bond acceptors (Lipinski definition) is 1. The van der Waals surface area contributed by atoms with Gasteiger partial charge in [-0.2, -0.15) is 0 Å². The molecule has 11 heavy (non-hydrogen) atoms. The van der Waals surface area contributed by atoms with Gasteiger partial charge in [-0.1, -0.05) is 13.8 Å². The normalized spacial score (nSPS) is 24.5. The van der Waals surface area contributed by atoms with Gasteiger partial charge >= 0.3 is 0 Å². The molecule has 0 saturated heterocycles. The Labute approximate surface area is 69.4 Å². The Morgan fingerprint density at radius 2 is 2.45 bits per heavy atom. The quantitative estimate of drug-likeness (QED) is 0.607. The summed E-state index contributed by atoms with van der Waals surface area (Å²) in [6, 6.07) is 0. The van der Waals surface area contributed by atoms with Crippen LogP contribution in [0.4, 0.5) is 0 Å². The molecule has 0 aromatic rings. The Morgan fingerprint density at radius 1 is 1.64 bits per heavy atom. The summed E-state index contributed by atoms with van der Waals surface area (Å²) in [5.74, 6) is 1.96. The van der Waals surface area contributed by atoms with Gasteiger partial charge in [-0.25, -0.2) is 0 Å². The average Bonchev–Trinajstić information content (AvgIpc) is 2.01. The second kappa shape index (κ2) is 4.42. The summed E-state index contributed by atoms with van der Waals surface area (Å²) in [4.78, 5) is 0. The van der Waals surface area contributed by atoms with Gasteiger partial charge in [0.25, 0.3) is 0 Å². The monoisotopic (exact) mass is 154 g/mol. The standard InChI is InChI=1S/C10H18O/c1-3-7-11-10-6-4-5-9(2)8-10/h8-9H,3-7H2,1-2H3. The molecule has 1 heteroatoms. The van der Waals surface area contributed by atoms with E-state index >= 15 is 0 Å². The zero-order valence-electron chi connectivity index (χ0n) is 7.60. The lowest BCUT2D eigenvalue weighted by Gasteiger charge is -2.17. The third-order valence-corrected chi connectivity index (χ3v) is 2.04. The van der Waals surface area contributed by atoms with Gasteiger partial charge in [0.15, 0.2) is 0 Å². The third kappa shape index (κ3) is 2.96. The van der Waals surface area contributed by atoms with E-state index in [4.69, 9.17) is 4.74 Å². The number of hydrogen-bond donors (Lipinski definition) is 0. The Hall–Kier alpha value is -0.460. The smallest absolute Gasteiger partial charge is 0.0922 e. The predicted molar refractivity (Wildman–Crippen MR) is 47.3 cm³/mol. The molecular weight excluding hydrogens is 136 g/mol. The second-order valence-corrected chi connectivity index (χ2v) is 3.35. The fraction of sp³-hybridized carbons (Fsp3) is 0.800. The van der Waals surface area contributed by atoms with E-state index in [0.717, 1.165) is 25.4 Å². The molecule has 0 heterocycles. The van der Waals surface area contributed by atoms with Crippen molar-refractivity contribution < 1.29 is 4.74 Å². The molecule has 1 atom stereocenters. The maximum absolute atomic E-state index is 5.56. The van der Waals surface area contributed by atoms with Crippen molar-refractivity contribution in [2.45, 2.75) is 39.5 Å². The molecule has 0 aromatic carbocycles. The highest BCUT2D eigenvalue weighted by atomic mass is 16.5. The molecule has 0 fully saturated rings. The van der Waals surface area contributed by atoms with Crippen molar-refractivity contribution in [1.29, 1.82) is 0 Å². The van der Waals surface area contributed by atoms with Gasteiger partial charge in [-0.3, -0.25) is 0 Å². The molecule has 0 radical (unpaired) electrons. The van der Waals surface area contributed by atoms with Gasteiger partial charge < -0.3 is 4.74 Å². The fourth-order valence-corrected chi connectivity index (χ4v) is 1.44. The first-order valence-electron chi connectivity index (χ1n) is 4.66. The molecule has 1 aliphatic rings. The van der Waals surface area contributed by atoms with Crippen LogP contribution in [0.15, 0.2) is 11.8 Å². The van der Waals surface area contributed by atoms with Crippen LogP contribution in [0.3, 0.4) is 0 Å². The fourth-order valence-electron chi connectivity index (χ4n) is 1.44. The van der Waals surface area contributed by atoms with Crippen LogP contribution in [-0.2, 0) is 4.74 Å². The van der Waals surface area contributed by atoms with Crippen LogP contribution < -0.4 is 0 Å².